The van der Waals surface area contributed by atoms with E-state index >= 15 is 0 Å². The van der Waals surface area contributed by atoms with E-state index in [4.69, 9.17) is 4.74 Å². The molecule has 2 fully saturated rings. The Hall–Kier alpha value is -1.88. The minimum atomic E-state index is -4.33. The summed E-state index contributed by atoms with van der Waals surface area (Å²) in [6.45, 7) is 0.342. The Balaban J connectivity index is 1.39. The zero-order chi connectivity index (χ0) is 19.8. The van der Waals surface area contributed by atoms with E-state index in [9.17, 15) is 17.6 Å². The summed E-state index contributed by atoms with van der Waals surface area (Å²) in [5.74, 6) is -0.0337. The molecule has 1 aliphatic carbocycles. The summed E-state index contributed by atoms with van der Waals surface area (Å²) in [6.07, 6.45) is 0.920. The van der Waals surface area contributed by atoms with Crippen LogP contribution < -0.4 is 0 Å². The Labute approximate surface area is 162 Å². The van der Waals surface area contributed by atoms with Gasteiger partial charge in [-0.2, -0.15) is 13.2 Å². The largest absolute Gasteiger partial charge is 0.416 e. The predicted molar refractivity (Wildman–Crippen MR) is 99.7 cm³/mol. The van der Waals surface area contributed by atoms with Crippen LogP contribution in [0.1, 0.15) is 67.1 Å². The van der Waals surface area contributed by atoms with Crippen molar-refractivity contribution in [3.05, 3.63) is 71.0 Å². The maximum atomic E-state index is 13.3. The van der Waals surface area contributed by atoms with Crippen LogP contribution in [-0.2, 0) is 10.9 Å². The van der Waals surface area contributed by atoms with E-state index in [-0.39, 0.29) is 17.3 Å². The SMILES string of the molecule is Fc1ccc(C2CCC3(CC2)CCC(c2ccccc2C(F)(F)F)CO3)cc1. The summed E-state index contributed by atoms with van der Waals surface area (Å²) in [4.78, 5) is 0. The van der Waals surface area contributed by atoms with Gasteiger partial charge in [-0.05, 0) is 73.8 Å². The maximum Gasteiger partial charge on any atom is 0.416 e. The molecule has 0 amide bonds. The number of hydrogen-bond acceptors (Lipinski definition) is 1. The third-order valence-corrected chi connectivity index (χ3v) is 6.48. The second kappa shape index (κ2) is 7.51. The number of alkyl halides is 3. The number of halogens is 4. The third kappa shape index (κ3) is 3.95. The van der Waals surface area contributed by atoms with Crippen LogP contribution in [0.4, 0.5) is 17.6 Å². The number of benzene rings is 2. The van der Waals surface area contributed by atoms with Crippen molar-refractivity contribution in [1.82, 2.24) is 0 Å². The molecule has 1 unspecified atom stereocenters. The van der Waals surface area contributed by atoms with Gasteiger partial charge in [-0.3, -0.25) is 0 Å². The summed E-state index contributed by atoms with van der Waals surface area (Å²) in [5, 5.41) is 0. The lowest BCUT2D eigenvalue weighted by Crippen LogP contribution is -2.41. The van der Waals surface area contributed by atoms with Crippen molar-refractivity contribution >= 4 is 0 Å². The molecule has 5 heteroatoms. The van der Waals surface area contributed by atoms with Gasteiger partial charge in [0.05, 0.1) is 17.8 Å². The van der Waals surface area contributed by atoms with Gasteiger partial charge >= 0.3 is 6.18 Å². The van der Waals surface area contributed by atoms with Gasteiger partial charge in [0.15, 0.2) is 0 Å². The highest BCUT2D eigenvalue weighted by molar-refractivity contribution is 5.33. The highest BCUT2D eigenvalue weighted by Gasteiger charge is 2.42. The van der Waals surface area contributed by atoms with Gasteiger partial charge in [-0.15, -0.1) is 0 Å². The van der Waals surface area contributed by atoms with E-state index in [1.807, 2.05) is 12.1 Å². The Morgan fingerprint density at radius 3 is 2.00 bits per heavy atom. The number of rotatable bonds is 2. The van der Waals surface area contributed by atoms with Crippen LogP contribution in [0.5, 0.6) is 0 Å². The summed E-state index contributed by atoms with van der Waals surface area (Å²) in [6, 6.07) is 12.6. The molecule has 1 atom stereocenters. The van der Waals surface area contributed by atoms with Gasteiger partial charge in [0.2, 0.25) is 0 Å². The topological polar surface area (TPSA) is 9.23 Å². The maximum absolute atomic E-state index is 13.3. The molecule has 28 heavy (non-hydrogen) atoms. The van der Waals surface area contributed by atoms with Crippen molar-refractivity contribution in [2.24, 2.45) is 0 Å². The molecule has 1 nitrogen and oxygen atoms in total. The molecule has 0 radical (unpaired) electrons. The van der Waals surface area contributed by atoms with Crippen LogP contribution in [0.15, 0.2) is 48.5 Å². The van der Waals surface area contributed by atoms with Crippen LogP contribution in [0, 0.1) is 5.82 Å². The molecule has 1 spiro atoms. The van der Waals surface area contributed by atoms with Crippen molar-refractivity contribution in [3.63, 3.8) is 0 Å². The number of hydrogen-bond donors (Lipinski definition) is 0. The smallest absolute Gasteiger partial charge is 0.374 e. The normalized spacial score (nSPS) is 28.4. The minimum absolute atomic E-state index is 0.208. The van der Waals surface area contributed by atoms with Gasteiger partial charge in [-0.25, -0.2) is 4.39 Å². The second-order valence-corrected chi connectivity index (χ2v) is 8.14. The lowest BCUT2D eigenvalue weighted by molar-refractivity contribution is -0.140. The van der Waals surface area contributed by atoms with Gasteiger partial charge in [0, 0.05) is 5.92 Å². The van der Waals surface area contributed by atoms with E-state index in [1.54, 1.807) is 12.1 Å². The molecule has 0 aromatic heterocycles. The van der Waals surface area contributed by atoms with Crippen molar-refractivity contribution in [2.75, 3.05) is 6.61 Å². The van der Waals surface area contributed by atoms with Crippen LogP contribution >= 0.6 is 0 Å². The van der Waals surface area contributed by atoms with Crippen molar-refractivity contribution in [1.29, 1.82) is 0 Å². The fourth-order valence-corrected chi connectivity index (χ4v) is 4.83. The van der Waals surface area contributed by atoms with Gasteiger partial charge in [-0.1, -0.05) is 30.3 Å². The molecule has 1 heterocycles. The monoisotopic (exact) mass is 392 g/mol. The fraction of sp³-hybridized carbons (Fsp3) is 0.478. The van der Waals surface area contributed by atoms with Crippen molar-refractivity contribution in [2.45, 2.75) is 62.1 Å². The van der Waals surface area contributed by atoms with E-state index in [0.29, 0.717) is 24.5 Å². The Morgan fingerprint density at radius 1 is 0.821 bits per heavy atom. The third-order valence-electron chi connectivity index (χ3n) is 6.48. The van der Waals surface area contributed by atoms with Crippen molar-refractivity contribution in [3.8, 4) is 0 Å². The molecule has 0 N–H and O–H groups in total. The predicted octanol–water partition coefficient (Wildman–Crippen LogP) is 6.84. The van der Waals surface area contributed by atoms with Crippen LogP contribution in [0.3, 0.4) is 0 Å². The summed E-state index contributed by atoms with van der Waals surface area (Å²) in [5.41, 5.74) is 0.758. The Bertz CT molecular complexity index is 794. The lowest BCUT2D eigenvalue weighted by Gasteiger charge is -2.45. The molecule has 1 saturated heterocycles. The molecule has 0 bridgehead atoms. The summed E-state index contributed by atoms with van der Waals surface area (Å²) in [7, 11) is 0. The first-order valence-corrected chi connectivity index (χ1v) is 9.92. The highest BCUT2D eigenvalue weighted by Crippen LogP contribution is 2.47. The minimum Gasteiger partial charge on any atom is -0.374 e. The van der Waals surface area contributed by atoms with Gasteiger partial charge in [0.25, 0.3) is 0 Å². The molecule has 2 aliphatic rings. The zero-order valence-electron chi connectivity index (χ0n) is 15.6. The molecule has 150 valence electrons. The highest BCUT2D eigenvalue weighted by atomic mass is 19.4. The molecule has 1 aliphatic heterocycles. The zero-order valence-corrected chi connectivity index (χ0v) is 15.6. The average molecular weight is 392 g/mol. The van der Waals surface area contributed by atoms with Crippen LogP contribution in [0.25, 0.3) is 0 Å². The first kappa shape index (κ1) is 19.4. The molecule has 2 aromatic rings. The number of ether oxygens (including phenoxy) is 1. The van der Waals surface area contributed by atoms with E-state index in [2.05, 4.69) is 0 Å². The Morgan fingerprint density at radius 2 is 1.43 bits per heavy atom. The van der Waals surface area contributed by atoms with Crippen LogP contribution in [-0.4, -0.2) is 12.2 Å². The lowest BCUT2D eigenvalue weighted by atomic mass is 9.71. The first-order valence-electron chi connectivity index (χ1n) is 9.92. The van der Waals surface area contributed by atoms with E-state index in [0.717, 1.165) is 43.7 Å². The van der Waals surface area contributed by atoms with Crippen LogP contribution in [0.2, 0.25) is 0 Å². The van der Waals surface area contributed by atoms with E-state index < -0.39 is 11.7 Å². The quantitative estimate of drug-likeness (QED) is 0.509. The van der Waals surface area contributed by atoms with Crippen molar-refractivity contribution < 1.29 is 22.3 Å². The first-order chi connectivity index (χ1) is 13.4. The van der Waals surface area contributed by atoms with E-state index in [1.165, 1.54) is 18.2 Å². The second-order valence-electron chi connectivity index (χ2n) is 8.14. The summed E-state index contributed by atoms with van der Waals surface area (Å²) >= 11 is 0. The standard InChI is InChI=1S/C23H24F4O/c24-19-7-5-16(6-8-19)17-9-12-22(13-10-17)14-11-18(15-28-22)20-3-1-2-4-21(20)23(25,26)27/h1-8,17-18H,9-15H2. The average Bonchev–Trinajstić information content (AvgIpc) is 2.69. The molecule has 2 aromatic carbocycles. The molecular formula is C23H24F4O. The van der Waals surface area contributed by atoms with Gasteiger partial charge < -0.3 is 4.74 Å². The summed E-state index contributed by atoms with van der Waals surface area (Å²) < 4.78 is 59.3. The fourth-order valence-electron chi connectivity index (χ4n) is 4.83. The molecular weight excluding hydrogens is 368 g/mol. The van der Waals surface area contributed by atoms with Gasteiger partial charge in [0.1, 0.15) is 5.82 Å². The molecule has 4 rings (SSSR count). The molecule has 1 saturated carbocycles. The Kier molecular flexibility index (Phi) is 5.21.